The molecule has 1 aromatic rings. The van der Waals surface area contributed by atoms with E-state index in [1.807, 2.05) is 36.2 Å². The van der Waals surface area contributed by atoms with Crippen molar-refractivity contribution in [3.05, 3.63) is 29.8 Å². The second-order valence-corrected chi connectivity index (χ2v) is 4.94. The van der Waals surface area contributed by atoms with Crippen LogP contribution in [0.25, 0.3) is 0 Å². The quantitative estimate of drug-likeness (QED) is 0.881. The molecule has 0 saturated carbocycles. The van der Waals surface area contributed by atoms with Gasteiger partial charge in [0.2, 0.25) is 0 Å². The van der Waals surface area contributed by atoms with Gasteiger partial charge in [-0.25, -0.2) is 0 Å². The Hall–Kier alpha value is -1.55. The highest BCUT2D eigenvalue weighted by atomic mass is 16.5. The molecule has 0 bridgehead atoms. The summed E-state index contributed by atoms with van der Waals surface area (Å²) in [5.41, 5.74) is 0.697. The van der Waals surface area contributed by atoms with Crippen molar-refractivity contribution in [2.24, 2.45) is 0 Å². The van der Waals surface area contributed by atoms with E-state index in [0.29, 0.717) is 18.2 Å². The number of carbonyl (C=O) groups excluding carboxylic acids is 1. The van der Waals surface area contributed by atoms with Crippen LogP contribution in [-0.4, -0.2) is 43.6 Å². The number of nitrogens with zero attached hydrogens (tertiary/aromatic N) is 1. The predicted molar refractivity (Wildman–Crippen MR) is 75.6 cm³/mol. The Bertz CT molecular complexity index is 428. The van der Waals surface area contributed by atoms with Crippen molar-refractivity contribution in [1.82, 2.24) is 10.2 Å². The van der Waals surface area contributed by atoms with E-state index in [0.717, 1.165) is 31.7 Å². The van der Waals surface area contributed by atoms with Gasteiger partial charge in [0.25, 0.3) is 5.91 Å². The molecule has 1 aliphatic heterocycles. The van der Waals surface area contributed by atoms with Crippen LogP contribution in [0, 0.1) is 0 Å². The summed E-state index contributed by atoms with van der Waals surface area (Å²) in [6, 6.07) is 7.74. The lowest BCUT2D eigenvalue weighted by Gasteiger charge is -2.24. The number of hydrogen-bond donors (Lipinski definition) is 1. The first-order chi connectivity index (χ1) is 9.22. The minimum absolute atomic E-state index is 0.0654. The van der Waals surface area contributed by atoms with Gasteiger partial charge in [-0.05, 0) is 37.6 Å². The van der Waals surface area contributed by atoms with Crippen LogP contribution in [0.2, 0.25) is 0 Å². The third-order valence-electron chi connectivity index (χ3n) is 3.46. The Morgan fingerprint density at radius 2 is 2.37 bits per heavy atom. The largest absolute Gasteiger partial charge is 0.494 e. The number of nitrogens with one attached hydrogen (secondary N) is 1. The Morgan fingerprint density at radius 1 is 1.53 bits per heavy atom. The highest BCUT2D eigenvalue weighted by Gasteiger charge is 2.24. The molecule has 2 rings (SSSR count). The lowest BCUT2D eigenvalue weighted by Crippen LogP contribution is -2.38. The Morgan fingerprint density at radius 3 is 3.05 bits per heavy atom. The number of likely N-dealkylation sites (N-methyl/N-ethyl adjacent to an activating group) is 1. The lowest BCUT2D eigenvalue weighted by molar-refractivity contribution is 0.0743. The summed E-state index contributed by atoms with van der Waals surface area (Å²) in [5, 5.41) is 3.28. The number of rotatable bonds is 5. The lowest BCUT2D eigenvalue weighted by atomic mass is 10.1. The van der Waals surface area contributed by atoms with Gasteiger partial charge in [-0.1, -0.05) is 13.0 Å². The molecule has 0 radical (unpaired) electrons. The van der Waals surface area contributed by atoms with Gasteiger partial charge in [0.05, 0.1) is 6.61 Å². The summed E-state index contributed by atoms with van der Waals surface area (Å²) >= 11 is 0. The molecule has 104 valence electrons. The first-order valence-corrected chi connectivity index (χ1v) is 6.93. The predicted octanol–water partition coefficient (Wildman–Crippen LogP) is 1.91. The van der Waals surface area contributed by atoms with Crippen LogP contribution in [0.4, 0.5) is 0 Å². The molecule has 4 heteroatoms. The van der Waals surface area contributed by atoms with Crippen molar-refractivity contribution in [3.63, 3.8) is 0 Å². The Labute approximate surface area is 114 Å². The molecule has 0 aromatic heterocycles. The molecule has 19 heavy (non-hydrogen) atoms. The number of ether oxygens (including phenoxy) is 1. The van der Waals surface area contributed by atoms with Gasteiger partial charge in [-0.2, -0.15) is 0 Å². The van der Waals surface area contributed by atoms with Gasteiger partial charge in [0.15, 0.2) is 0 Å². The van der Waals surface area contributed by atoms with E-state index in [1.54, 1.807) is 0 Å². The fraction of sp³-hybridized carbons (Fsp3) is 0.533. The average molecular weight is 262 g/mol. The molecule has 1 N–H and O–H groups in total. The molecule has 1 fully saturated rings. The van der Waals surface area contributed by atoms with Crippen LogP contribution in [-0.2, 0) is 0 Å². The third-order valence-corrected chi connectivity index (χ3v) is 3.46. The van der Waals surface area contributed by atoms with Crippen LogP contribution >= 0.6 is 0 Å². The normalized spacial score (nSPS) is 18.3. The monoisotopic (exact) mass is 262 g/mol. The van der Waals surface area contributed by atoms with Crippen molar-refractivity contribution < 1.29 is 9.53 Å². The van der Waals surface area contributed by atoms with Crippen molar-refractivity contribution in [1.29, 1.82) is 0 Å². The van der Waals surface area contributed by atoms with Crippen molar-refractivity contribution in [2.75, 3.05) is 26.7 Å². The van der Waals surface area contributed by atoms with Crippen LogP contribution in [0.15, 0.2) is 24.3 Å². The summed E-state index contributed by atoms with van der Waals surface area (Å²) in [7, 11) is 1.87. The van der Waals surface area contributed by atoms with E-state index in [-0.39, 0.29) is 5.91 Å². The molecule has 1 unspecified atom stereocenters. The van der Waals surface area contributed by atoms with Gasteiger partial charge in [0, 0.05) is 25.2 Å². The van der Waals surface area contributed by atoms with Crippen LogP contribution in [0.3, 0.4) is 0 Å². The summed E-state index contributed by atoms with van der Waals surface area (Å²) in [6.07, 6.45) is 1.99. The molecule has 1 heterocycles. The Kier molecular flexibility index (Phi) is 4.80. The Balaban J connectivity index is 2.05. The third kappa shape index (κ3) is 3.47. The summed E-state index contributed by atoms with van der Waals surface area (Å²) in [4.78, 5) is 14.2. The summed E-state index contributed by atoms with van der Waals surface area (Å²) in [6.45, 7) is 4.62. The van der Waals surface area contributed by atoms with Gasteiger partial charge >= 0.3 is 0 Å². The van der Waals surface area contributed by atoms with Crippen molar-refractivity contribution in [2.45, 2.75) is 25.8 Å². The van der Waals surface area contributed by atoms with E-state index < -0.39 is 0 Å². The molecule has 1 saturated heterocycles. The van der Waals surface area contributed by atoms with Crippen molar-refractivity contribution in [3.8, 4) is 5.75 Å². The highest BCUT2D eigenvalue weighted by molar-refractivity contribution is 5.94. The molecule has 0 spiro atoms. The number of hydrogen-bond acceptors (Lipinski definition) is 3. The minimum atomic E-state index is 0.0654. The maximum Gasteiger partial charge on any atom is 0.254 e. The molecular formula is C15H22N2O2. The number of benzene rings is 1. The minimum Gasteiger partial charge on any atom is -0.494 e. The fourth-order valence-electron chi connectivity index (χ4n) is 2.28. The van der Waals surface area contributed by atoms with Gasteiger partial charge < -0.3 is 15.0 Å². The van der Waals surface area contributed by atoms with Gasteiger partial charge in [0.1, 0.15) is 5.75 Å². The summed E-state index contributed by atoms with van der Waals surface area (Å²) < 4.78 is 5.57. The second-order valence-electron chi connectivity index (χ2n) is 4.94. The van der Waals surface area contributed by atoms with Crippen LogP contribution in [0.5, 0.6) is 5.75 Å². The first kappa shape index (κ1) is 13.9. The molecule has 1 amide bonds. The van der Waals surface area contributed by atoms with Gasteiger partial charge in [-0.3, -0.25) is 4.79 Å². The van der Waals surface area contributed by atoms with Crippen molar-refractivity contribution >= 4 is 5.91 Å². The molecule has 1 aliphatic rings. The van der Waals surface area contributed by atoms with E-state index in [1.165, 1.54) is 0 Å². The van der Waals surface area contributed by atoms with E-state index in [9.17, 15) is 4.79 Å². The van der Waals surface area contributed by atoms with Gasteiger partial charge in [-0.15, -0.1) is 0 Å². The van der Waals surface area contributed by atoms with Crippen LogP contribution < -0.4 is 10.1 Å². The maximum absolute atomic E-state index is 12.4. The smallest absolute Gasteiger partial charge is 0.254 e. The SMILES string of the molecule is CCCOc1cccc(C(=O)N(C)C2CCNC2)c1. The second kappa shape index (κ2) is 6.57. The molecule has 1 atom stereocenters. The number of amides is 1. The van der Waals surface area contributed by atoms with E-state index >= 15 is 0 Å². The molecular weight excluding hydrogens is 240 g/mol. The highest BCUT2D eigenvalue weighted by Crippen LogP contribution is 2.17. The van der Waals surface area contributed by atoms with E-state index in [4.69, 9.17) is 4.74 Å². The molecule has 1 aromatic carbocycles. The first-order valence-electron chi connectivity index (χ1n) is 6.93. The van der Waals surface area contributed by atoms with Crippen LogP contribution in [0.1, 0.15) is 30.1 Å². The zero-order valence-electron chi connectivity index (χ0n) is 11.7. The standard InChI is InChI=1S/C15H22N2O2/c1-3-9-19-14-6-4-5-12(10-14)15(18)17(2)13-7-8-16-11-13/h4-6,10,13,16H,3,7-9,11H2,1-2H3. The topological polar surface area (TPSA) is 41.6 Å². The zero-order valence-corrected chi connectivity index (χ0v) is 11.7. The molecule has 4 nitrogen and oxygen atoms in total. The van der Waals surface area contributed by atoms with E-state index in [2.05, 4.69) is 12.2 Å². The zero-order chi connectivity index (χ0) is 13.7. The summed E-state index contributed by atoms with van der Waals surface area (Å²) in [5.74, 6) is 0.835. The number of carbonyl (C=O) groups is 1. The average Bonchev–Trinajstić information content (AvgIpc) is 2.98. The fourth-order valence-corrected chi connectivity index (χ4v) is 2.28. The maximum atomic E-state index is 12.4. The molecule has 0 aliphatic carbocycles.